The number of benzene rings is 3. The second-order valence-electron chi connectivity index (χ2n) is 10.6. The van der Waals surface area contributed by atoms with E-state index >= 15 is 0 Å². The van der Waals surface area contributed by atoms with Crippen LogP contribution in [0.3, 0.4) is 0 Å². The summed E-state index contributed by atoms with van der Waals surface area (Å²) in [7, 11) is -2.22. The number of nitrogens with one attached hydrogen (secondary N) is 2. The van der Waals surface area contributed by atoms with E-state index < -0.39 is 21.5 Å². The lowest BCUT2D eigenvalue weighted by Crippen LogP contribution is -2.22. The Labute approximate surface area is 271 Å². The van der Waals surface area contributed by atoms with Crippen LogP contribution in [0.5, 0.6) is 0 Å². The monoisotopic (exact) mass is 655 g/mol. The molecular weight excluding hydrogens is 626 g/mol. The quantitative estimate of drug-likeness (QED) is 0.116. The number of rotatable bonds is 9. The van der Waals surface area contributed by atoms with Crippen molar-refractivity contribution in [2.24, 2.45) is 12.1 Å². The van der Waals surface area contributed by atoms with Gasteiger partial charge in [0, 0.05) is 29.0 Å². The Balaban J connectivity index is 1.45. The van der Waals surface area contributed by atoms with Crippen molar-refractivity contribution >= 4 is 44.5 Å². The van der Waals surface area contributed by atoms with E-state index in [-0.39, 0.29) is 21.7 Å². The van der Waals surface area contributed by atoms with Gasteiger partial charge in [-0.1, -0.05) is 41.9 Å². The Hall–Kier alpha value is -5.38. The van der Waals surface area contributed by atoms with Gasteiger partial charge in [-0.25, -0.2) is 13.1 Å². The number of para-hydroxylation sites is 1. The van der Waals surface area contributed by atoms with Crippen LogP contribution in [0.4, 0.5) is 11.4 Å². The largest absolute Gasteiger partial charge is 0.311 e. The molecule has 0 spiro atoms. The van der Waals surface area contributed by atoms with E-state index in [2.05, 4.69) is 15.2 Å². The molecule has 0 fully saturated rings. The van der Waals surface area contributed by atoms with Crippen molar-refractivity contribution < 1.29 is 13.2 Å². The number of hydrazone groups is 1. The number of aromatic nitrogens is 3. The van der Waals surface area contributed by atoms with Crippen molar-refractivity contribution in [3.63, 3.8) is 0 Å². The van der Waals surface area contributed by atoms with E-state index in [0.29, 0.717) is 44.7 Å². The van der Waals surface area contributed by atoms with Crippen LogP contribution in [0.25, 0.3) is 11.4 Å². The fraction of sp³-hybridized carbons (Fsp3) is 0.152. The summed E-state index contributed by atoms with van der Waals surface area (Å²) in [6.07, 6.45) is 0. The second-order valence-corrected chi connectivity index (χ2v) is 12.7. The van der Waals surface area contributed by atoms with Crippen molar-refractivity contribution in [1.29, 1.82) is 5.26 Å². The number of hydrogen-bond donors (Lipinski definition) is 2. The predicted octanol–water partition coefficient (Wildman–Crippen LogP) is 5.83. The molecule has 234 valence electrons. The van der Waals surface area contributed by atoms with Crippen LogP contribution in [0.1, 0.15) is 33.0 Å². The molecule has 11 nitrogen and oxygen atoms in total. The number of Topliss-reactive ketones (excluding diaryl/α,β-unsaturated/α-hetero) is 1. The first kappa shape index (κ1) is 32.0. The number of carbonyl (C=O) groups is 1. The van der Waals surface area contributed by atoms with Crippen molar-refractivity contribution in [3.8, 4) is 17.4 Å². The van der Waals surface area contributed by atoms with Gasteiger partial charge < -0.3 is 4.57 Å². The summed E-state index contributed by atoms with van der Waals surface area (Å²) in [5, 5.41) is 14.3. The van der Waals surface area contributed by atoms with Crippen LogP contribution in [0.2, 0.25) is 5.02 Å². The molecule has 2 aromatic heterocycles. The zero-order chi connectivity index (χ0) is 33.3. The number of anilines is 2. The highest BCUT2D eigenvalue weighted by Crippen LogP contribution is 2.26. The molecule has 0 atom stereocenters. The predicted molar refractivity (Wildman–Crippen MR) is 179 cm³/mol. The number of sulfonamides is 1. The summed E-state index contributed by atoms with van der Waals surface area (Å²) in [4.78, 5) is 27.2. The van der Waals surface area contributed by atoms with Crippen molar-refractivity contribution in [1.82, 2.24) is 13.9 Å². The molecule has 13 heteroatoms. The number of nitrogens with zero attached hydrogens (tertiary/aromatic N) is 5. The normalized spacial score (nSPS) is 11.7. The molecule has 0 saturated heterocycles. The number of nitriles is 1. The van der Waals surface area contributed by atoms with Gasteiger partial charge in [-0.2, -0.15) is 10.4 Å². The molecule has 46 heavy (non-hydrogen) atoms. The minimum atomic E-state index is -4.01. The molecule has 0 radical (unpaired) electrons. The lowest BCUT2D eigenvalue weighted by atomic mass is 10.1. The van der Waals surface area contributed by atoms with Crippen molar-refractivity contribution in [2.75, 3.05) is 10.1 Å². The summed E-state index contributed by atoms with van der Waals surface area (Å²) in [5.74, 6) is -0.658. The molecule has 2 N–H and O–H groups in total. The van der Waals surface area contributed by atoms with Crippen LogP contribution < -0.4 is 15.7 Å². The smallest absolute Gasteiger partial charge is 0.295 e. The summed E-state index contributed by atoms with van der Waals surface area (Å²) in [5.41, 5.74) is 5.98. The molecule has 5 aromatic rings. The van der Waals surface area contributed by atoms with Gasteiger partial charge in [0.05, 0.1) is 27.7 Å². The van der Waals surface area contributed by atoms with Gasteiger partial charge in [0.15, 0.2) is 0 Å². The molecule has 0 bridgehead atoms. The van der Waals surface area contributed by atoms with Gasteiger partial charge in [-0.15, -0.1) is 0 Å². The Morgan fingerprint density at radius 1 is 0.913 bits per heavy atom. The molecule has 0 aliphatic carbocycles. The minimum absolute atomic E-state index is 0.0274. The molecule has 5 rings (SSSR count). The van der Waals surface area contributed by atoms with Crippen LogP contribution >= 0.6 is 11.6 Å². The average Bonchev–Trinajstić information content (AvgIpc) is 3.42. The zero-order valence-electron chi connectivity index (χ0n) is 25.7. The number of carbonyl (C=O) groups excluding carboxylic acids is 1. The van der Waals surface area contributed by atoms with Crippen LogP contribution in [-0.4, -0.2) is 33.8 Å². The van der Waals surface area contributed by atoms with E-state index in [1.54, 1.807) is 78.1 Å². The summed E-state index contributed by atoms with van der Waals surface area (Å²) in [6, 6.07) is 23.5. The Morgan fingerprint density at radius 3 is 2.30 bits per heavy atom. The standard InChI is InChI=1S/C33H30ClN7O4S/c1-20-14-15-25(18-30(20)46(44,45)38-26-11-9-10-24(34)17-26)36-37-29(19-35)32(42)28-16-21(2)40(22(28)3)31-23(4)39(5)41(33(31)43)27-12-7-6-8-13-27/h6-18,36,38H,1-5H3/b37-29-. The highest BCUT2D eigenvalue weighted by molar-refractivity contribution is 7.92. The maximum absolute atomic E-state index is 13.7. The Kier molecular flexibility index (Phi) is 8.74. The second kappa shape index (κ2) is 12.5. The minimum Gasteiger partial charge on any atom is -0.311 e. The third-order valence-corrected chi connectivity index (χ3v) is 9.35. The molecule has 0 saturated carbocycles. The molecule has 0 unspecified atom stereocenters. The van der Waals surface area contributed by atoms with Gasteiger partial charge in [-0.3, -0.25) is 24.4 Å². The molecular formula is C33H30ClN7O4S. The Bertz CT molecular complexity index is 2240. The van der Waals surface area contributed by atoms with Gasteiger partial charge in [0.25, 0.3) is 15.6 Å². The maximum Gasteiger partial charge on any atom is 0.295 e. The molecule has 0 amide bonds. The number of ketones is 1. The zero-order valence-corrected chi connectivity index (χ0v) is 27.2. The lowest BCUT2D eigenvalue weighted by Gasteiger charge is -2.12. The van der Waals surface area contributed by atoms with E-state index in [1.165, 1.54) is 12.1 Å². The first-order chi connectivity index (χ1) is 21.8. The third kappa shape index (κ3) is 5.98. The summed E-state index contributed by atoms with van der Waals surface area (Å²) in [6.45, 7) is 6.94. The average molecular weight is 656 g/mol. The Morgan fingerprint density at radius 2 is 1.63 bits per heavy atom. The fourth-order valence-electron chi connectivity index (χ4n) is 5.24. The lowest BCUT2D eigenvalue weighted by molar-refractivity contribution is 0.106. The van der Waals surface area contributed by atoms with Gasteiger partial charge in [0.1, 0.15) is 11.8 Å². The summed E-state index contributed by atoms with van der Waals surface area (Å²) < 4.78 is 33.8. The van der Waals surface area contributed by atoms with Crippen LogP contribution in [0, 0.1) is 39.0 Å². The molecule has 2 heterocycles. The van der Waals surface area contributed by atoms with Gasteiger partial charge in [0.2, 0.25) is 11.5 Å². The number of aryl methyl sites for hydroxylation is 2. The molecule has 3 aromatic carbocycles. The first-order valence-corrected chi connectivity index (χ1v) is 15.9. The highest BCUT2D eigenvalue weighted by atomic mass is 35.5. The fourth-order valence-corrected chi connectivity index (χ4v) is 6.76. The summed E-state index contributed by atoms with van der Waals surface area (Å²) >= 11 is 5.99. The van der Waals surface area contributed by atoms with Gasteiger partial charge in [-0.05, 0) is 81.8 Å². The number of hydrogen-bond acceptors (Lipinski definition) is 7. The topological polar surface area (TPSA) is 143 Å². The van der Waals surface area contributed by atoms with Gasteiger partial charge >= 0.3 is 0 Å². The molecule has 0 aliphatic rings. The van der Waals surface area contributed by atoms with E-state index in [4.69, 9.17) is 11.6 Å². The third-order valence-electron chi connectivity index (χ3n) is 7.60. The van der Waals surface area contributed by atoms with Crippen molar-refractivity contribution in [2.45, 2.75) is 32.6 Å². The molecule has 0 aliphatic heterocycles. The highest BCUT2D eigenvalue weighted by Gasteiger charge is 2.26. The maximum atomic E-state index is 13.7. The first-order valence-electron chi connectivity index (χ1n) is 14.0. The van der Waals surface area contributed by atoms with Crippen LogP contribution in [0.15, 0.2) is 93.7 Å². The SMILES string of the molecule is Cc1ccc(N/N=C(/C#N)C(=O)c2cc(C)n(-c3c(C)n(C)n(-c4ccccc4)c3=O)c2C)cc1S(=O)(=O)Nc1cccc(Cl)c1. The van der Waals surface area contributed by atoms with E-state index in [9.17, 15) is 23.3 Å². The van der Waals surface area contributed by atoms with E-state index in [1.807, 2.05) is 43.3 Å². The van der Waals surface area contributed by atoms with Crippen LogP contribution in [-0.2, 0) is 17.1 Å². The number of halogens is 1. The van der Waals surface area contributed by atoms with E-state index in [0.717, 1.165) is 0 Å². The van der Waals surface area contributed by atoms with Crippen molar-refractivity contribution in [3.05, 3.63) is 122 Å².